The molecule has 1 aliphatic rings. The van der Waals surface area contributed by atoms with Crippen molar-refractivity contribution in [1.29, 1.82) is 0 Å². The summed E-state index contributed by atoms with van der Waals surface area (Å²) in [5, 5.41) is 59.3. The molecule has 0 bridgehead atoms. The maximum Gasteiger partial charge on any atom is 0.229 e. The lowest BCUT2D eigenvalue weighted by Gasteiger charge is -2.39. The van der Waals surface area contributed by atoms with Gasteiger partial charge in [-0.05, 0) is 17.7 Å². The van der Waals surface area contributed by atoms with Crippen molar-refractivity contribution in [3.63, 3.8) is 0 Å². The number of hydrogen-bond acceptors (Lipinski definition) is 11. The van der Waals surface area contributed by atoms with Gasteiger partial charge in [-0.3, -0.25) is 4.79 Å². The Morgan fingerprint density at radius 3 is 2.36 bits per heavy atom. The number of ether oxygens (including phenoxy) is 3. The van der Waals surface area contributed by atoms with E-state index in [1.165, 1.54) is 31.4 Å². The van der Waals surface area contributed by atoms with E-state index in [0.29, 0.717) is 5.56 Å². The van der Waals surface area contributed by atoms with Gasteiger partial charge in [-0.2, -0.15) is 0 Å². The summed E-state index contributed by atoms with van der Waals surface area (Å²) in [7, 11) is 1.26. The lowest BCUT2D eigenvalue weighted by atomic mass is 9.99. The van der Waals surface area contributed by atoms with Crippen LogP contribution in [0.2, 0.25) is 0 Å². The average molecular weight is 462 g/mol. The molecule has 0 amide bonds. The summed E-state index contributed by atoms with van der Waals surface area (Å²) in [6.45, 7) is -0.653. The molecule has 1 fully saturated rings. The van der Waals surface area contributed by atoms with Crippen molar-refractivity contribution in [3.05, 3.63) is 46.8 Å². The number of phenolic OH excluding ortho intramolecular Hbond substituents is 2. The molecule has 3 aromatic rings. The van der Waals surface area contributed by atoms with Crippen molar-refractivity contribution in [1.82, 2.24) is 0 Å². The van der Waals surface area contributed by atoms with E-state index < -0.39 is 48.5 Å². The number of phenols is 2. The van der Waals surface area contributed by atoms with Crippen LogP contribution in [0.5, 0.6) is 23.0 Å². The van der Waals surface area contributed by atoms with Gasteiger partial charge < -0.3 is 49.3 Å². The van der Waals surface area contributed by atoms with Gasteiger partial charge in [0, 0.05) is 6.07 Å². The number of methoxy groups -OCH3 is 1. The molecular formula is C22H22O11. The first-order valence-electron chi connectivity index (χ1n) is 9.88. The molecule has 0 aliphatic carbocycles. The van der Waals surface area contributed by atoms with E-state index in [1.807, 2.05) is 0 Å². The fourth-order valence-electron chi connectivity index (χ4n) is 3.65. The fraction of sp³-hybridized carbons (Fsp3) is 0.318. The number of aliphatic hydroxyl groups excluding tert-OH is 4. The minimum atomic E-state index is -1.70. The third kappa shape index (κ3) is 3.96. The van der Waals surface area contributed by atoms with Crippen LogP contribution >= 0.6 is 0 Å². The number of benzene rings is 2. The molecule has 11 nitrogen and oxygen atoms in total. The smallest absolute Gasteiger partial charge is 0.229 e. The van der Waals surface area contributed by atoms with Gasteiger partial charge in [0.2, 0.25) is 17.5 Å². The number of fused-ring (bicyclic) bond motifs is 1. The summed E-state index contributed by atoms with van der Waals surface area (Å²) in [5.74, 6) is -0.787. The monoisotopic (exact) mass is 462 g/mol. The molecule has 5 atom stereocenters. The molecule has 1 aromatic heterocycles. The van der Waals surface area contributed by atoms with Gasteiger partial charge in [0.25, 0.3) is 0 Å². The highest BCUT2D eigenvalue weighted by Gasteiger charge is 2.45. The molecule has 2 aromatic carbocycles. The predicted molar refractivity (Wildman–Crippen MR) is 112 cm³/mol. The number of hydrogen-bond donors (Lipinski definition) is 6. The molecule has 0 radical (unpaired) electrons. The van der Waals surface area contributed by atoms with Gasteiger partial charge in [0.1, 0.15) is 47.6 Å². The van der Waals surface area contributed by atoms with Gasteiger partial charge in [-0.25, -0.2) is 0 Å². The molecule has 1 aliphatic heterocycles. The molecule has 0 spiro atoms. The third-order valence-corrected chi connectivity index (χ3v) is 5.42. The second-order valence-corrected chi connectivity index (χ2v) is 7.47. The van der Waals surface area contributed by atoms with E-state index in [1.54, 1.807) is 0 Å². The van der Waals surface area contributed by atoms with E-state index in [9.17, 15) is 35.4 Å². The standard InChI is InChI=1S/C22H22O11/c1-30-20-13(32-22-19(29)18(28)17(27)14(7-23)33-22)6-12(25)15-16(26)11(8-31-21(15)20)9-2-4-10(24)5-3-9/h2-6,8,14,17-19,22-25,27-29H,7H2,1H3. The highest BCUT2D eigenvalue weighted by Crippen LogP contribution is 2.41. The van der Waals surface area contributed by atoms with Gasteiger partial charge >= 0.3 is 0 Å². The van der Waals surface area contributed by atoms with Crippen molar-refractivity contribution in [2.75, 3.05) is 13.7 Å². The molecule has 0 saturated carbocycles. The third-order valence-electron chi connectivity index (χ3n) is 5.42. The lowest BCUT2D eigenvalue weighted by Crippen LogP contribution is -2.60. The van der Waals surface area contributed by atoms with Gasteiger partial charge in [-0.1, -0.05) is 12.1 Å². The van der Waals surface area contributed by atoms with Crippen LogP contribution in [0.4, 0.5) is 0 Å². The van der Waals surface area contributed by atoms with Crippen molar-refractivity contribution in [3.8, 4) is 34.1 Å². The van der Waals surface area contributed by atoms with Crippen molar-refractivity contribution in [2.45, 2.75) is 30.7 Å². The van der Waals surface area contributed by atoms with Gasteiger partial charge in [0.15, 0.2) is 11.3 Å². The zero-order chi connectivity index (χ0) is 23.9. The first-order valence-corrected chi connectivity index (χ1v) is 9.88. The molecule has 33 heavy (non-hydrogen) atoms. The van der Waals surface area contributed by atoms with E-state index >= 15 is 0 Å². The Morgan fingerprint density at radius 2 is 1.73 bits per heavy atom. The first-order chi connectivity index (χ1) is 15.8. The summed E-state index contributed by atoms with van der Waals surface area (Å²) in [6, 6.07) is 6.88. The van der Waals surface area contributed by atoms with Crippen LogP contribution in [0, 0.1) is 0 Å². The van der Waals surface area contributed by atoms with Crippen LogP contribution in [-0.4, -0.2) is 75.1 Å². The van der Waals surface area contributed by atoms with E-state index in [2.05, 4.69) is 0 Å². The highest BCUT2D eigenvalue weighted by atomic mass is 16.7. The topological polar surface area (TPSA) is 179 Å². The summed E-state index contributed by atoms with van der Waals surface area (Å²) in [5.41, 5.74) is -0.146. The molecule has 6 N–H and O–H groups in total. The zero-order valence-electron chi connectivity index (χ0n) is 17.3. The Hall–Kier alpha value is -3.35. The largest absolute Gasteiger partial charge is 0.508 e. The molecule has 11 heteroatoms. The fourth-order valence-corrected chi connectivity index (χ4v) is 3.65. The van der Waals surface area contributed by atoms with Crippen LogP contribution in [0.15, 0.2) is 45.8 Å². The number of rotatable bonds is 5. The summed E-state index contributed by atoms with van der Waals surface area (Å²) in [6.07, 6.45) is -6.54. The van der Waals surface area contributed by atoms with Crippen molar-refractivity contribution < 1.29 is 49.3 Å². The Balaban J connectivity index is 1.77. The normalized spacial score (nSPS) is 25.2. The van der Waals surface area contributed by atoms with Crippen LogP contribution in [0.1, 0.15) is 0 Å². The SMILES string of the molecule is COc1c(OC2OC(CO)C(O)C(O)C2O)cc(O)c2c(=O)c(-c3ccc(O)cc3)coc12. The minimum Gasteiger partial charge on any atom is -0.508 e. The molecule has 4 rings (SSSR count). The Bertz CT molecular complexity index is 1200. The molecule has 1 saturated heterocycles. The summed E-state index contributed by atoms with van der Waals surface area (Å²) >= 11 is 0. The summed E-state index contributed by atoms with van der Waals surface area (Å²) in [4.78, 5) is 13.1. The van der Waals surface area contributed by atoms with Crippen LogP contribution in [0.3, 0.4) is 0 Å². The average Bonchev–Trinajstić information content (AvgIpc) is 2.80. The lowest BCUT2D eigenvalue weighted by molar-refractivity contribution is -0.277. The van der Waals surface area contributed by atoms with E-state index in [0.717, 1.165) is 12.3 Å². The Kier molecular flexibility index (Phi) is 6.15. The quantitative estimate of drug-likeness (QED) is 0.302. The first kappa shape index (κ1) is 22.8. The molecular weight excluding hydrogens is 440 g/mol. The molecule has 5 unspecified atom stereocenters. The second kappa shape index (κ2) is 8.89. The highest BCUT2D eigenvalue weighted by molar-refractivity contribution is 5.93. The second-order valence-electron chi connectivity index (χ2n) is 7.47. The maximum atomic E-state index is 13.1. The molecule has 176 valence electrons. The van der Waals surface area contributed by atoms with Gasteiger partial charge in [-0.15, -0.1) is 0 Å². The summed E-state index contributed by atoms with van der Waals surface area (Å²) < 4.78 is 21.8. The van der Waals surface area contributed by atoms with Crippen LogP contribution < -0.4 is 14.9 Å². The Morgan fingerprint density at radius 1 is 1.03 bits per heavy atom. The predicted octanol–water partition coefficient (Wildman–Crippen LogP) is 0.0585. The van der Waals surface area contributed by atoms with Crippen molar-refractivity contribution in [2.24, 2.45) is 0 Å². The van der Waals surface area contributed by atoms with Crippen molar-refractivity contribution >= 4 is 11.0 Å². The number of aromatic hydroxyl groups is 2. The van der Waals surface area contributed by atoms with Crippen LogP contribution in [-0.2, 0) is 4.74 Å². The van der Waals surface area contributed by atoms with Crippen LogP contribution in [0.25, 0.3) is 22.1 Å². The molecule has 2 heterocycles. The van der Waals surface area contributed by atoms with E-state index in [4.69, 9.17) is 18.6 Å². The zero-order valence-corrected chi connectivity index (χ0v) is 17.3. The Labute approximate surface area is 186 Å². The van der Waals surface area contributed by atoms with Gasteiger partial charge in [0.05, 0.1) is 19.3 Å². The van der Waals surface area contributed by atoms with E-state index in [-0.39, 0.29) is 33.8 Å². The number of aliphatic hydroxyl groups is 4. The maximum absolute atomic E-state index is 13.1. The minimum absolute atomic E-state index is 0.0171.